The molecule has 0 saturated carbocycles. The zero-order chi connectivity index (χ0) is 30.7. The monoisotopic (exact) mass is 592 g/mol. The van der Waals surface area contributed by atoms with Gasteiger partial charge in [-0.3, -0.25) is 0 Å². The van der Waals surface area contributed by atoms with E-state index in [1.807, 2.05) is 25.1 Å². The number of aryl methyl sites for hydroxylation is 1. The van der Waals surface area contributed by atoms with E-state index >= 15 is 0 Å². The Morgan fingerprint density at radius 3 is 1.33 bits per heavy atom. The smallest absolute Gasteiger partial charge is 0.395 e. The van der Waals surface area contributed by atoms with E-state index in [4.69, 9.17) is 19.6 Å². The molecular formula is C26H42O11P2. The van der Waals surface area contributed by atoms with Gasteiger partial charge < -0.3 is 40.0 Å². The average molecular weight is 593 g/mol. The Morgan fingerprint density at radius 1 is 0.718 bits per heavy atom. The zero-order valence-corrected chi connectivity index (χ0v) is 25.1. The van der Waals surface area contributed by atoms with Crippen molar-refractivity contribution in [3.63, 3.8) is 0 Å². The Balaban J connectivity index is 0.000000724. The van der Waals surface area contributed by atoms with Crippen molar-refractivity contribution < 1.29 is 53.4 Å². The van der Waals surface area contributed by atoms with E-state index < -0.39 is 46.5 Å². The van der Waals surface area contributed by atoms with Gasteiger partial charge in [0.2, 0.25) is 0 Å². The molecule has 0 spiro atoms. The molecule has 11 nitrogen and oxygen atoms in total. The molecule has 2 aromatic carbocycles. The molecule has 39 heavy (non-hydrogen) atoms. The molecule has 2 aromatic rings. The summed E-state index contributed by atoms with van der Waals surface area (Å²) in [6.45, 7) is 12.8. The number of phosphoric acid groups is 2. The van der Waals surface area contributed by atoms with Crippen molar-refractivity contribution in [3.05, 3.63) is 70.3 Å². The quantitative estimate of drug-likeness (QED) is 0.209. The van der Waals surface area contributed by atoms with Gasteiger partial charge in [0, 0.05) is 0 Å². The summed E-state index contributed by atoms with van der Waals surface area (Å²) in [5.74, 6) is 0. The zero-order valence-electron chi connectivity index (χ0n) is 23.4. The van der Waals surface area contributed by atoms with Gasteiger partial charge in [-0.25, -0.2) is 9.13 Å². The second-order valence-corrected chi connectivity index (χ2v) is 14.2. The van der Waals surface area contributed by atoms with E-state index in [1.165, 1.54) is 0 Å². The van der Waals surface area contributed by atoms with Gasteiger partial charge in [-0.15, -0.1) is 0 Å². The van der Waals surface area contributed by atoms with Gasteiger partial charge in [0.1, 0.15) is 5.60 Å². The lowest BCUT2D eigenvalue weighted by Gasteiger charge is -2.49. The molecular weight excluding hydrogens is 550 g/mol. The third-order valence-corrected chi connectivity index (χ3v) is 8.04. The van der Waals surface area contributed by atoms with Crippen LogP contribution in [0.3, 0.4) is 0 Å². The molecule has 1 atom stereocenters. The maximum Gasteiger partial charge on any atom is 0.478 e. The number of rotatable bonds is 8. The molecule has 1 unspecified atom stereocenters. The summed E-state index contributed by atoms with van der Waals surface area (Å²) < 4.78 is 22.2. The maximum absolute atomic E-state index is 12.6. The van der Waals surface area contributed by atoms with Gasteiger partial charge in [0.25, 0.3) is 0 Å². The Labute approximate surface area is 229 Å². The fraction of sp³-hybridized carbons (Fsp3) is 0.538. The molecule has 0 saturated heterocycles. The minimum absolute atomic E-state index is 0.323. The van der Waals surface area contributed by atoms with Gasteiger partial charge in [-0.05, 0) is 40.0 Å². The van der Waals surface area contributed by atoms with Crippen LogP contribution in [0.15, 0.2) is 42.5 Å². The standard InChI is InChI=1S/C26H38O4.H4O7P2/c1-18-13-20(23(2,3)4)22(21(14-18)24(5,6)7)26(30,19-11-9-8-10-12-19)25(15-27,16-28)17-29;1-8(2,3)7-9(4,5)6/h8-14,27-30H,15-17H2,1-7H3;(H2,1,2,3)(H2,4,5,6). The molecule has 0 aliphatic carbocycles. The highest BCUT2D eigenvalue weighted by Crippen LogP contribution is 2.54. The average Bonchev–Trinajstić information content (AvgIpc) is 2.77. The van der Waals surface area contributed by atoms with E-state index in [-0.39, 0.29) is 10.8 Å². The minimum atomic E-state index is -5.05. The molecule has 0 amide bonds. The SMILES string of the molecule is Cc1cc(C(C)(C)C)c(C(O)(c2ccccc2)C(CO)(CO)CO)c(C(C)(C)C)c1.O=P(O)(O)OP(=O)(O)O. The normalized spacial score (nSPS) is 14.8. The first kappa shape index (κ1) is 35.6. The van der Waals surface area contributed by atoms with E-state index in [0.717, 1.165) is 16.7 Å². The van der Waals surface area contributed by atoms with Crippen molar-refractivity contribution in [2.45, 2.75) is 64.9 Å². The van der Waals surface area contributed by atoms with Gasteiger partial charge in [0.15, 0.2) is 0 Å². The number of hydrogen-bond donors (Lipinski definition) is 8. The predicted molar refractivity (Wildman–Crippen MR) is 147 cm³/mol. The number of aliphatic hydroxyl groups is 4. The lowest BCUT2D eigenvalue weighted by atomic mass is 9.60. The van der Waals surface area contributed by atoms with Crippen molar-refractivity contribution in [2.24, 2.45) is 5.41 Å². The third kappa shape index (κ3) is 8.76. The molecule has 8 N–H and O–H groups in total. The van der Waals surface area contributed by atoms with Crippen molar-refractivity contribution in [1.82, 2.24) is 0 Å². The molecule has 0 aliphatic rings. The van der Waals surface area contributed by atoms with Crippen molar-refractivity contribution in [2.75, 3.05) is 19.8 Å². The number of benzene rings is 2. The van der Waals surface area contributed by atoms with Crippen LogP contribution in [0.1, 0.15) is 69.4 Å². The molecule has 222 valence electrons. The van der Waals surface area contributed by atoms with Crippen LogP contribution in [0.25, 0.3) is 0 Å². The topological polar surface area (TPSA) is 205 Å². The fourth-order valence-corrected chi connectivity index (χ4v) is 5.49. The summed E-state index contributed by atoms with van der Waals surface area (Å²) in [7, 11) is -10.1. The molecule has 0 bridgehead atoms. The summed E-state index contributed by atoms with van der Waals surface area (Å²) in [4.78, 5) is 31.0. The lowest BCUT2D eigenvalue weighted by Crippen LogP contribution is -2.55. The predicted octanol–water partition coefficient (Wildman–Crippen LogP) is 2.98. The first-order valence-corrected chi connectivity index (χ1v) is 15.1. The lowest BCUT2D eigenvalue weighted by molar-refractivity contribution is -0.137. The van der Waals surface area contributed by atoms with Crippen molar-refractivity contribution >= 4 is 15.6 Å². The number of hydrogen-bond acceptors (Lipinski definition) is 7. The molecule has 13 heteroatoms. The van der Waals surface area contributed by atoms with Gasteiger partial charge in [0.05, 0.1) is 25.2 Å². The third-order valence-electron chi connectivity index (χ3n) is 6.34. The summed E-state index contributed by atoms with van der Waals surface area (Å²) in [5, 5.41) is 43.8. The Kier molecular flexibility index (Phi) is 11.5. The van der Waals surface area contributed by atoms with Crippen LogP contribution in [0.5, 0.6) is 0 Å². The van der Waals surface area contributed by atoms with E-state index in [9.17, 15) is 29.6 Å². The number of aliphatic hydroxyl groups excluding tert-OH is 3. The van der Waals surface area contributed by atoms with Gasteiger partial charge >= 0.3 is 15.6 Å². The van der Waals surface area contributed by atoms with Crippen LogP contribution >= 0.6 is 15.6 Å². The van der Waals surface area contributed by atoms with Crippen molar-refractivity contribution in [1.29, 1.82) is 0 Å². The van der Waals surface area contributed by atoms with E-state index in [0.29, 0.717) is 11.1 Å². The second-order valence-electron chi connectivity index (χ2n) is 11.6. The molecule has 0 heterocycles. The summed E-state index contributed by atoms with van der Waals surface area (Å²) in [6, 6.07) is 13.2. The van der Waals surface area contributed by atoms with E-state index in [2.05, 4.69) is 58.0 Å². The van der Waals surface area contributed by atoms with Crippen LogP contribution < -0.4 is 0 Å². The summed E-state index contributed by atoms with van der Waals surface area (Å²) in [5.41, 5.74) is 0.0728. The highest BCUT2D eigenvalue weighted by Gasteiger charge is 2.55. The van der Waals surface area contributed by atoms with Crippen LogP contribution in [-0.2, 0) is 29.9 Å². The van der Waals surface area contributed by atoms with Crippen LogP contribution in [0, 0.1) is 12.3 Å². The second kappa shape index (κ2) is 12.6. The summed E-state index contributed by atoms with van der Waals surface area (Å²) >= 11 is 0. The minimum Gasteiger partial charge on any atom is -0.395 e. The van der Waals surface area contributed by atoms with Gasteiger partial charge in [-0.2, -0.15) is 4.31 Å². The molecule has 0 aliphatic heterocycles. The van der Waals surface area contributed by atoms with E-state index in [1.54, 1.807) is 12.1 Å². The maximum atomic E-state index is 12.6. The van der Waals surface area contributed by atoms with Crippen molar-refractivity contribution in [3.8, 4) is 0 Å². The molecule has 0 radical (unpaired) electrons. The Bertz CT molecular complexity index is 1120. The Hall–Kier alpha value is -1.46. The first-order valence-electron chi connectivity index (χ1n) is 12.1. The Morgan fingerprint density at radius 2 is 1.08 bits per heavy atom. The fourth-order valence-electron chi connectivity index (χ4n) is 4.39. The summed E-state index contributed by atoms with van der Waals surface area (Å²) in [6.07, 6.45) is 0. The van der Waals surface area contributed by atoms with Crippen LogP contribution in [-0.4, -0.2) is 59.8 Å². The van der Waals surface area contributed by atoms with Crippen LogP contribution in [0.4, 0.5) is 0 Å². The van der Waals surface area contributed by atoms with Gasteiger partial charge in [-0.1, -0.05) is 89.6 Å². The van der Waals surface area contributed by atoms with Crippen LogP contribution in [0.2, 0.25) is 0 Å². The highest BCUT2D eigenvalue weighted by molar-refractivity contribution is 7.60. The first-order chi connectivity index (χ1) is 17.5. The highest BCUT2D eigenvalue weighted by atomic mass is 31.3. The molecule has 0 fully saturated rings. The largest absolute Gasteiger partial charge is 0.478 e. The molecule has 2 rings (SSSR count). The molecule has 0 aromatic heterocycles.